The van der Waals surface area contributed by atoms with Crippen molar-refractivity contribution < 1.29 is 19.4 Å². The van der Waals surface area contributed by atoms with Crippen LogP contribution in [0.5, 0.6) is 5.75 Å². The summed E-state index contributed by atoms with van der Waals surface area (Å²) in [5, 5.41) is 13.5. The summed E-state index contributed by atoms with van der Waals surface area (Å²) in [6, 6.07) is 5.79. The summed E-state index contributed by atoms with van der Waals surface area (Å²) >= 11 is 0. The molecule has 1 atom stereocenters. The first-order chi connectivity index (χ1) is 12.7. The molecule has 0 saturated carbocycles. The van der Waals surface area contributed by atoms with Crippen LogP contribution in [0.25, 0.3) is 0 Å². The van der Waals surface area contributed by atoms with Gasteiger partial charge in [0.1, 0.15) is 12.4 Å². The third-order valence-corrected chi connectivity index (χ3v) is 4.96. The molecule has 2 amide bonds. The van der Waals surface area contributed by atoms with Gasteiger partial charge in [-0.2, -0.15) is 0 Å². The number of aryl methyl sites for hydroxylation is 2. The van der Waals surface area contributed by atoms with Crippen LogP contribution in [0.1, 0.15) is 37.3 Å². The Bertz CT molecular complexity index is 673. The van der Waals surface area contributed by atoms with Crippen LogP contribution in [-0.2, 0) is 9.59 Å². The van der Waals surface area contributed by atoms with E-state index in [1.807, 2.05) is 39.0 Å². The highest BCUT2D eigenvalue weighted by molar-refractivity contribution is 5.87. The van der Waals surface area contributed by atoms with Crippen molar-refractivity contribution in [3.63, 3.8) is 0 Å². The first-order valence-electron chi connectivity index (χ1n) is 9.36. The van der Waals surface area contributed by atoms with Gasteiger partial charge in [-0.15, -0.1) is 0 Å². The number of amides is 2. The zero-order valence-corrected chi connectivity index (χ0v) is 16.5. The monoisotopic (exact) mass is 374 g/mol. The van der Waals surface area contributed by atoms with Crippen molar-refractivity contribution in [2.24, 2.45) is 0 Å². The third-order valence-electron chi connectivity index (χ3n) is 4.96. The van der Waals surface area contributed by atoms with Crippen LogP contribution < -0.4 is 10.1 Å². The largest absolute Gasteiger partial charge is 0.491 e. The van der Waals surface area contributed by atoms with Crippen molar-refractivity contribution in [1.29, 1.82) is 0 Å². The first-order valence-corrected chi connectivity index (χ1v) is 9.36. The predicted octanol–water partition coefficient (Wildman–Crippen LogP) is 2.12. The minimum Gasteiger partial charge on any atom is -0.491 e. The quantitative estimate of drug-likeness (QED) is 0.717. The molecule has 1 unspecified atom stereocenters. The molecule has 2 N–H and O–H groups in total. The number of hydrogen-bond donors (Lipinski definition) is 2. The second kappa shape index (κ2) is 9.04. The Morgan fingerprint density at radius 1 is 1.33 bits per heavy atom. The number of carbonyl (C=O) groups is 2. The molecule has 1 aliphatic rings. The molecule has 0 radical (unpaired) electrons. The third kappa shape index (κ3) is 5.82. The predicted molar refractivity (Wildman–Crippen MR) is 105 cm³/mol. The minimum absolute atomic E-state index is 0.0247. The number of likely N-dealkylation sites (tertiary alicyclic amines) is 1. The van der Waals surface area contributed by atoms with Gasteiger partial charge in [0.05, 0.1) is 18.1 Å². The molecule has 0 spiro atoms. The van der Waals surface area contributed by atoms with E-state index in [0.717, 1.165) is 16.9 Å². The van der Waals surface area contributed by atoms with Gasteiger partial charge in [0.15, 0.2) is 0 Å². The SMILES string of the molecule is C=CC(=O)N1CCC(O)(CC(=O)NC(C)COc2c(C)cccc2C)CC1. The lowest BCUT2D eigenvalue weighted by Crippen LogP contribution is -2.49. The van der Waals surface area contributed by atoms with E-state index in [1.54, 1.807) is 4.90 Å². The molecule has 0 bridgehead atoms. The van der Waals surface area contributed by atoms with Crippen LogP contribution in [0.15, 0.2) is 30.9 Å². The molecule has 6 nitrogen and oxygen atoms in total. The van der Waals surface area contributed by atoms with Gasteiger partial charge in [0, 0.05) is 13.1 Å². The van der Waals surface area contributed by atoms with Crippen molar-refractivity contribution in [1.82, 2.24) is 10.2 Å². The van der Waals surface area contributed by atoms with Crippen molar-refractivity contribution in [2.75, 3.05) is 19.7 Å². The lowest BCUT2D eigenvalue weighted by Gasteiger charge is -2.37. The molecule has 1 aromatic rings. The summed E-state index contributed by atoms with van der Waals surface area (Å²) in [7, 11) is 0. The molecule has 1 aromatic carbocycles. The fraction of sp³-hybridized carbons (Fsp3) is 0.524. The number of rotatable bonds is 7. The molecule has 6 heteroatoms. The van der Waals surface area contributed by atoms with Gasteiger partial charge >= 0.3 is 0 Å². The molecular weight excluding hydrogens is 344 g/mol. The van der Waals surface area contributed by atoms with Crippen LogP contribution in [0.3, 0.4) is 0 Å². The zero-order valence-electron chi connectivity index (χ0n) is 16.5. The van der Waals surface area contributed by atoms with Gasteiger partial charge < -0.3 is 20.1 Å². The topological polar surface area (TPSA) is 78.9 Å². The number of piperidine rings is 1. The first kappa shape index (κ1) is 21.0. The summed E-state index contributed by atoms with van der Waals surface area (Å²) in [4.78, 5) is 25.6. The highest BCUT2D eigenvalue weighted by Gasteiger charge is 2.35. The number of nitrogens with one attached hydrogen (secondary N) is 1. The summed E-state index contributed by atoms with van der Waals surface area (Å²) < 4.78 is 5.87. The highest BCUT2D eigenvalue weighted by atomic mass is 16.5. The van der Waals surface area contributed by atoms with E-state index >= 15 is 0 Å². The van der Waals surface area contributed by atoms with Gasteiger partial charge in [-0.05, 0) is 50.8 Å². The van der Waals surface area contributed by atoms with E-state index in [9.17, 15) is 14.7 Å². The van der Waals surface area contributed by atoms with Crippen LogP contribution in [-0.4, -0.2) is 53.2 Å². The zero-order chi connectivity index (χ0) is 20.0. The normalized spacial score (nSPS) is 17.1. The van der Waals surface area contributed by atoms with E-state index in [0.29, 0.717) is 32.5 Å². The van der Waals surface area contributed by atoms with Gasteiger partial charge in [-0.1, -0.05) is 24.8 Å². The fourth-order valence-electron chi connectivity index (χ4n) is 3.35. The van der Waals surface area contributed by atoms with Crippen LogP contribution >= 0.6 is 0 Å². The Balaban J connectivity index is 1.79. The number of hydrogen-bond acceptors (Lipinski definition) is 4. The molecule has 148 valence electrons. The van der Waals surface area contributed by atoms with E-state index in [1.165, 1.54) is 6.08 Å². The van der Waals surface area contributed by atoms with E-state index in [2.05, 4.69) is 11.9 Å². The number of benzene rings is 1. The Hall–Kier alpha value is -2.34. The van der Waals surface area contributed by atoms with Crippen molar-refractivity contribution >= 4 is 11.8 Å². The molecule has 1 fully saturated rings. The standard InChI is InChI=1S/C21H30N2O4/c1-5-19(25)23-11-9-21(26,10-12-23)13-18(24)22-17(4)14-27-20-15(2)7-6-8-16(20)3/h5-8,17,26H,1,9-14H2,2-4H3,(H,22,24). The lowest BCUT2D eigenvalue weighted by molar-refractivity contribution is -0.134. The van der Waals surface area contributed by atoms with Gasteiger partial charge in [0.25, 0.3) is 0 Å². The molecule has 1 saturated heterocycles. The van der Waals surface area contributed by atoms with Gasteiger partial charge in [-0.3, -0.25) is 9.59 Å². The summed E-state index contributed by atoms with van der Waals surface area (Å²) in [6.07, 6.45) is 2.06. The van der Waals surface area contributed by atoms with Crippen molar-refractivity contribution in [2.45, 2.75) is 51.7 Å². The number of carbonyl (C=O) groups excluding carboxylic acids is 2. The second-order valence-electron chi connectivity index (χ2n) is 7.43. The Morgan fingerprint density at radius 2 is 1.93 bits per heavy atom. The van der Waals surface area contributed by atoms with E-state index in [-0.39, 0.29) is 24.3 Å². The number of para-hydroxylation sites is 1. The van der Waals surface area contributed by atoms with Gasteiger partial charge in [-0.25, -0.2) is 0 Å². The van der Waals surface area contributed by atoms with E-state index in [4.69, 9.17) is 4.74 Å². The minimum atomic E-state index is -1.07. The van der Waals surface area contributed by atoms with Crippen LogP contribution in [0.4, 0.5) is 0 Å². The number of aliphatic hydroxyl groups is 1. The Kier molecular flexibility index (Phi) is 7.02. The molecule has 2 rings (SSSR count). The van der Waals surface area contributed by atoms with Crippen molar-refractivity contribution in [3.05, 3.63) is 42.0 Å². The molecule has 0 aromatic heterocycles. The maximum atomic E-state index is 12.3. The van der Waals surface area contributed by atoms with Crippen molar-refractivity contribution in [3.8, 4) is 5.75 Å². The number of ether oxygens (including phenoxy) is 1. The highest BCUT2D eigenvalue weighted by Crippen LogP contribution is 2.26. The Labute approximate surface area is 161 Å². The average Bonchev–Trinajstić information content (AvgIpc) is 2.60. The molecule has 0 aliphatic carbocycles. The molecule has 27 heavy (non-hydrogen) atoms. The number of nitrogens with zero attached hydrogens (tertiary/aromatic N) is 1. The van der Waals surface area contributed by atoms with Gasteiger partial charge in [0.2, 0.25) is 11.8 Å². The smallest absolute Gasteiger partial charge is 0.245 e. The maximum absolute atomic E-state index is 12.3. The summed E-state index contributed by atoms with van der Waals surface area (Å²) in [6.45, 7) is 10.6. The summed E-state index contributed by atoms with van der Waals surface area (Å²) in [5.74, 6) is 0.494. The fourth-order valence-corrected chi connectivity index (χ4v) is 3.35. The summed E-state index contributed by atoms with van der Waals surface area (Å²) in [5.41, 5.74) is 1.04. The van der Waals surface area contributed by atoms with Crippen LogP contribution in [0, 0.1) is 13.8 Å². The maximum Gasteiger partial charge on any atom is 0.245 e. The van der Waals surface area contributed by atoms with Crippen LogP contribution in [0.2, 0.25) is 0 Å². The molecular formula is C21H30N2O4. The van der Waals surface area contributed by atoms with E-state index < -0.39 is 5.60 Å². The average molecular weight is 374 g/mol. The second-order valence-corrected chi connectivity index (χ2v) is 7.43. The molecule has 1 aliphatic heterocycles. The lowest BCUT2D eigenvalue weighted by atomic mass is 9.87. The molecule has 1 heterocycles. The Morgan fingerprint density at radius 3 is 2.48 bits per heavy atom.